The Labute approximate surface area is 85.1 Å². The van der Waals surface area contributed by atoms with Gasteiger partial charge in [-0.25, -0.2) is 8.42 Å². The lowest BCUT2D eigenvalue weighted by Gasteiger charge is -2.03. The second-order valence-electron chi connectivity index (χ2n) is 2.93. The lowest BCUT2D eigenvalue weighted by molar-refractivity contribution is 0.596. The third-order valence-corrected chi connectivity index (χ3v) is 3.11. The first-order valence-electron chi connectivity index (χ1n) is 4.53. The van der Waals surface area contributed by atoms with Crippen LogP contribution in [-0.4, -0.2) is 15.0 Å². The van der Waals surface area contributed by atoms with Crippen molar-refractivity contribution in [2.75, 3.05) is 6.54 Å². The Morgan fingerprint density at radius 3 is 2.50 bits per heavy atom. The van der Waals surface area contributed by atoms with Crippen molar-refractivity contribution in [2.24, 2.45) is 0 Å². The van der Waals surface area contributed by atoms with Gasteiger partial charge in [-0.1, -0.05) is 25.1 Å². The molecule has 0 aliphatic carbocycles. The van der Waals surface area contributed by atoms with E-state index in [1.807, 2.05) is 6.92 Å². The van der Waals surface area contributed by atoms with Crippen molar-refractivity contribution in [3.8, 4) is 0 Å². The average Bonchev–Trinajstić information content (AvgIpc) is 2.19. The van der Waals surface area contributed by atoms with E-state index < -0.39 is 9.84 Å². The Kier molecular flexibility index (Phi) is 4.10. The van der Waals surface area contributed by atoms with Gasteiger partial charge in [0.1, 0.15) is 5.88 Å². The summed E-state index contributed by atoms with van der Waals surface area (Å²) in [5.74, 6) is 1.16. The summed E-state index contributed by atoms with van der Waals surface area (Å²) < 4.78 is 23.2. The molecule has 3 nitrogen and oxygen atoms in total. The smallest absolute Gasteiger partial charge is 0.196 e. The molecular weight excluding hydrogens is 198 g/mol. The van der Waals surface area contributed by atoms with Gasteiger partial charge < -0.3 is 0 Å². The van der Waals surface area contributed by atoms with E-state index in [1.54, 1.807) is 30.3 Å². The summed E-state index contributed by atoms with van der Waals surface area (Å²) >= 11 is 0. The molecule has 0 atom stereocenters. The molecule has 0 spiro atoms. The average molecular weight is 212 g/mol. The minimum atomic E-state index is -3.27. The molecule has 1 aromatic rings. The Morgan fingerprint density at radius 1 is 1.29 bits per heavy atom. The van der Waals surface area contributed by atoms with Crippen LogP contribution >= 0.6 is 0 Å². The summed E-state index contributed by atoms with van der Waals surface area (Å²) in [7, 11) is -3.27. The predicted molar refractivity (Wildman–Crippen MR) is 56.2 cm³/mol. The molecule has 0 aliphatic heterocycles. The van der Waals surface area contributed by atoms with Crippen molar-refractivity contribution in [1.29, 1.82) is 0 Å². The quantitative estimate of drug-likeness (QED) is 0.754. The third kappa shape index (κ3) is 3.12. The number of sulfone groups is 1. The second-order valence-corrected chi connectivity index (χ2v) is 4.73. The zero-order valence-electron chi connectivity index (χ0n) is 8.10. The number of hydrogen-bond acceptors (Lipinski definition) is 3. The Bertz CT molecular complexity index is 359. The van der Waals surface area contributed by atoms with Crippen LogP contribution in [0.1, 0.15) is 13.3 Å². The van der Waals surface area contributed by atoms with Gasteiger partial charge in [0.25, 0.3) is 0 Å². The number of benzene rings is 1. The topological polar surface area (TPSA) is 46.2 Å². The molecule has 0 unspecified atom stereocenters. The molecule has 0 bridgehead atoms. The Balaban J connectivity index is 2.67. The fourth-order valence-electron chi connectivity index (χ4n) is 0.991. The van der Waals surface area contributed by atoms with Crippen LogP contribution in [0.15, 0.2) is 35.2 Å². The highest BCUT2D eigenvalue weighted by atomic mass is 32.2. The highest BCUT2D eigenvalue weighted by Crippen LogP contribution is 2.10. The molecule has 1 aromatic carbocycles. The van der Waals surface area contributed by atoms with E-state index in [0.717, 1.165) is 12.3 Å². The van der Waals surface area contributed by atoms with Gasteiger partial charge in [-0.05, 0) is 25.1 Å². The summed E-state index contributed by atoms with van der Waals surface area (Å²) in [4.78, 5) is 0.323. The van der Waals surface area contributed by atoms with Crippen LogP contribution in [0.3, 0.4) is 0 Å². The fourth-order valence-corrected chi connectivity index (χ4v) is 2.00. The van der Waals surface area contributed by atoms with Crippen molar-refractivity contribution in [2.45, 2.75) is 18.2 Å². The first-order valence-corrected chi connectivity index (χ1v) is 6.08. The van der Waals surface area contributed by atoms with Crippen molar-refractivity contribution in [3.63, 3.8) is 0 Å². The Morgan fingerprint density at radius 2 is 1.93 bits per heavy atom. The summed E-state index contributed by atoms with van der Waals surface area (Å²) in [6.07, 6.45) is 0.904. The zero-order valence-corrected chi connectivity index (χ0v) is 8.92. The van der Waals surface area contributed by atoms with Gasteiger partial charge in [-0.3, -0.25) is 5.32 Å². The molecule has 1 radical (unpaired) electrons. The van der Waals surface area contributed by atoms with Crippen LogP contribution < -0.4 is 5.32 Å². The fraction of sp³-hybridized carbons (Fsp3) is 0.300. The molecule has 1 rings (SSSR count). The summed E-state index contributed by atoms with van der Waals surface area (Å²) in [5, 5.41) is 2.76. The molecule has 14 heavy (non-hydrogen) atoms. The molecule has 0 fully saturated rings. The highest BCUT2D eigenvalue weighted by molar-refractivity contribution is 7.93. The zero-order chi connectivity index (χ0) is 10.4. The van der Waals surface area contributed by atoms with Crippen LogP contribution in [0.4, 0.5) is 0 Å². The summed E-state index contributed by atoms with van der Waals surface area (Å²) in [6.45, 7) is 2.65. The lowest BCUT2D eigenvalue weighted by atomic mass is 10.4. The maximum Gasteiger partial charge on any atom is 0.196 e. The molecule has 0 saturated carbocycles. The van der Waals surface area contributed by atoms with Crippen molar-refractivity contribution in [1.82, 2.24) is 5.32 Å². The number of nitrogens with one attached hydrogen (secondary N) is 1. The lowest BCUT2D eigenvalue weighted by Crippen LogP contribution is -2.17. The third-order valence-electron chi connectivity index (χ3n) is 1.70. The Hall–Kier alpha value is -0.870. The van der Waals surface area contributed by atoms with E-state index in [0.29, 0.717) is 11.4 Å². The molecular formula is C10H14NO2S. The summed E-state index contributed by atoms with van der Waals surface area (Å²) in [5.41, 5.74) is 0. The van der Waals surface area contributed by atoms with Crippen molar-refractivity contribution < 1.29 is 8.42 Å². The minimum absolute atomic E-state index is 0.323. The van der Waals surface area contributed by atoms with E-state index in [1.165, 1.54) is 0 Å². The van der Waals surface area contributed by atoms with E-state index in [4.69, 9.17) is 0 Å². The van der Waals surface area contributed by atoms with E-state index in [2.05, 4.69) is 5.32 Å². The SMILES string of the molecule is CCCN[CH]S(=O)(=O)c1ccccc1. The van der Waals surface area contributed by atoms with Gasteiger partial charge in [-0.15, -0.1) is 0 Å². The van der Waals surface area contributed by atoms with Gasteiger partial charge in [-0.2, -0.15) is 0 Å². The molecule has 0 heterocycles. The molecule has 0 aliphatic rings. The molecule has 0 amide bonds. The van der Waals surface area contributed by atoms with E-state index in [-0.39, 0.29) is 0 Å². The highest BCUT2D eigenvalue weighted by Gasteiger charge is 2.12. The van der Waals surface area contributed by atoms with Gasteiger partial charge in [0.05, 0.1) is 4.90 Å². The van der Waals surface area contributed by atoms with Crippen LogP contribution in [0.2, 0.25) is 0 Å². The second kappa shape index (κ2) is 5.12. The van der Waals surface area contributed by atoms with Gasteiger partial charge in [0, 0.05) is 0 Å². The standard InChI is InChI=1S/C10H14NO2S/c1-2-8-11-9-14(12,13)10-6-4-3-5-7-10/h3-7,9,11H,2,8H2,1H3. The normalized spacial score (nSPS) is 11.5. The summed E-state index contributed by atoms with van der Waals surface area (Å²) in [6, 6.07) is 8.37. The first-order chi connectivity index (χ1) is 6.67. The predicted octanol–water partition coefficient (Wildman–Crippen LogP) is 1.58. The van der Waals surface area contributed by atoms with Crippen molar-refractivity contribution in [3.05, 3.63) is 36.2 Å². The largest absolute Gasteiger partial charge is 0.299 e. The van der Waals surface area contributed by atoms with Crippen molar-refractivity contribution >= 4 is 9.84 Å². The minimum Gasteiger partial charge on any atom is -0.299 e. The maximum absolute atomic E-state index is 11.6. The van der Waals surface area contributed by atoms with Crippen LogP contribution in [0.25, 0.3) is 0 Å². The number of rotatable bonds is 5. The van der Waals surface area contributed by atoms with Gasteiger partial charge in [0.2, 0.25) is 0 Å². The monoisotopic (exact) mass is 212 g/mol. The molecule has 4 heteroatoms. The maximum atomic E-state index is 11.6. The number of hydrogen-bond donors (Lipinski definition) is 1. The van der Waals surface area contributed by atoms with Gasteiger partial charge in [0.15, 0.2) is 9.84 Å². The molecule has 0 aromatic heterocycles. The van der Waals surface area contributed by atoms with Crippen LogP contribution in [-0.2, 0) is 9.84 Å². The van der Waals surface area contributed by atoms with Gasteiger partial charge >= 0.3 is 0 Å². The molecule has 77 valence electrons. The van der Waals surface area contributed by atoms with E-state index in [9.17, 15) is 8.42 Å². The first kappa shape index (κ1) is 11.2. The van der Waals surface area contributed by atoms with E-state index >= 15 is 0 Å². The van der Waals surface area contributed by atoms with Crippen LogP contribution in [0.5, 0.6) is 0 Å². The molecule has 0 saturated heterocycles. The van der Waals surface area contributed by atoms with Crippen LogP contribution in [0, 0.1) is 5.88 Å². The molecule has 1 N–H and O–H groups in total.